The number of nitrogens with zero attached hydrogens (tertiary/aromatic N) is 2. The van der Waals surface area contributed by atoms with Crippen molar-refractivity contribution in [2.24, 2.45) is 5.92 Å². The maximum Gasteiger partial charge on any atom is 0.249 e. The van der Waals surface area contributed by atoms with E-state index in [-0.39, 0.29) is 30.1 Å². The Hall–Kier alpha value is -2.61. The zero-order valence-corrected chi connectivity index (χ0v) is 15.1. The summed E-state index contributed by atoms with van der Waals surface area (Å²) in [4.78, 5) is 40.5. The molecule has 2 N–H and O–H groups in total. The second kappa shape index (κ2) is 6.28. The maximum atomic E-state index is 12.3. The van der Waals surface area contributed by atoms with Crippen LogP contribution < -0.4 is 10.6 Å². The molecule has 134 valence electrons. The fourth-order valence-corrected chi connectivity index (χ4v) is 3.81. The molecule has 1 aliphatic carbocycles. The number of hydrogen-bond donors (Lipinski definition) is 2. The van der Waals surface area contributed by atoms with Crippen molar-refractivity contribution in [3.63, 3.8) is 0 Å². The molecule has 1 aliphatic heterocycles. The van der Waals surface area contributed by atoms with Gasteiger partial charge in [-0.2, -0.15) is 0 Å². The fourth-order valence-electron chi connectivity index (χ4n) is 3.33. The molecule has 7 nitrogen and oxygen atoms in total. The minimum atomic E-state index is -0.579. The van der Waals surface area contributed by atoms with Gasteiger partial charge in [0, 0.05) is 12.3 Å². The molecule has 1 saturated carbocycles. The summed E-state index contributed by atoms with van der Waals surface area (Å²) < 4.78 is 2.13. The van der Waals surface area contributed by atoms with Crippen LogP contribution in [0.3, 0.4) is 0 Å². The van der Waals surface area contributed by atoms with Gasteiger partial charge in [-0.05, 0) is 38.3 Å². The van der Waals surface area contributed by atoms with Crippen LogP contribution in [0.2, 0.25) is 0 Å². The van der Waals surface area contributed by atoms with Gasteiger partial charge < -0.3 is 9.88 Å². The number of imide groups is 1. The predicted octanol–water partition coefficient (Wildman–Crippen LogP) is 2.40. The van der Waals surface area contributed by atoms with Crippen molar-refractivity contribution in [2.75, 3.05) is 5.32 Å². The van der Waals surface area contributed by atoms with Gasteiger partial charge in [-0.3, -0.25) is 19.7 Å². The Kier molecular flexibility index (Phi) is 4.07. The van der Waals surface area contributed by atoms with Gasteiger partial charge >= 0.3 is 0 Å². The molecule has 1 aromatic heterocycles. The third kappa shape index (κ3) is 2.90. The Bertz CT molecular complexity index is 1010. The van der Waals surface area contributed by atoms with E-state index in [1.54, 1.807) is 17.6 Å². The number of nitrogens with one attached hydrogen (secondary N) is 2. The first-order valence-electron chi connectivity index (χ1n) is 8.62. The highest BCUT2D eigenvalue weighted by molar-refractivity contribution is 7.71. The number of aromatic nitrogens is 2. The Morgan fingerprint density at radius 2 is 2.08 bits per heavy atom. The van der Waals surface area contributed by atoms with Gasteiger partial charge in [-0.15, -0.1) is 0 Å². The maximum absolute atomic E-state index is 12.3. The van der Waals surface area contributed by atoms with Crippen LogP contribution in [0.25, 0.3) is 10.9 Å². The van der Waals surface area contributed by atoms with Crippen molar-refractivity contribution >= 4 is 46.5 Å². The standard InChI is InChI=1S/C18H18N4O3S/c1-9-19-11-3-2-4-12(20-16(24)10-5-6-10)15(11)18(26)22(9)13-7-8-14(23)21-17(13)25/h2-4,10,13H,5-8H2,1H3,(H,20,24)(H,21,23,25). The van der Waals surface area contributed by atoms with E-state index >= 15 is 0 Å². The number of carbonyl (C=O) groups excluding carboxylic acids is 3. The number of aryl methyl sites for hydroxylation is 1. The van der Waals surface area contributed by atoms with Crippen molar-refractivity contribution in [3.05, 3.63) is 28.7 Å². The smallest absolute Gasteiger partial charge is 0.249 e. The lowest BCUT2D eigenvalue weighted by Crippen LogP contribution is -2.42. The van der Waals surface area contributed by atoms with Crippen LogP contribution in [0.1, 0.15) is 37.5 Å². The van der Waals surface area contributed by atoms with Crippen LogP contribution in [0, 0.1) is 17.5 Å². The lowest BCUT2D eigenvalue weighted by molar-refractivity contribution is -0.135. The number of amides is 3. The second-order valence-electron chi connectivity index (χ2n) is 6.76. The first-order chi connectivity index (χ1) is 12.5. The summed E-state index contributed by atoms with van der Waals surface area (Å²) in [5, 5.41) is 5.95. The van der Waals surface area contributed by atoms with Crippen LogP contribution in [-0.2, 0) is 14.4 Å². The molecule has 8 heteroatoms. The molecule has 1 saturated heterocycles. The van der Waals surface area contributed by atoms with E-state index in [0.29, 0.717) is 33.5 Å². The molecule has 0 spiro atoms. The Morgan fingerprint density at radius 3 is 2.77 bits per heavy atom. The van der Waals surface area contributed by atoms with Gasteiger partial charge in [0.2, 0.25) is 17.7 Å². The average molecular weight is 370 g/mol. The lowest BCUT2D eigenvalue weighted by atomic mass is 10.1. The highest BCUT2D eigenvalue weighted by Crippen LogP contribution is 2.33. The Balaban J connectivity index is 1.84. The van der Waals surface area contributed by atoms with Gasteiger partial charge in [0.1, 0.15) is 16.5 Å². The average Bonchev–Trinajstić information content (AvgIpc) is 3.41. The van der Waals surface area contributed by atoms with Crippen molar-refractivity contribution in [2.45, 2.75) is 38.6 Å². The molecule has 2 aromatic rings. The topological polar surface area (TPSA) is 93.1 Å². The second-order valence-corrected chi connectivity index (χ2v) is 7.15. The van der Waals surface area contributed by atoms with E-state index in [2.05, 4.69) is 15.6 Å². The molecular weight excluding hydrogens is 352 g/mol. The predicted molar refractivity (Wildman–Crippen MR) is 98.1 cm³/mol. The van der Waals surface area contributed by atoms with Gasteiger partial charge in [0.05, 0.1) is 16.6 Å². The lowest BCUT2D eigenvalue weighted by Gasteiger charge is -2.25. The number of piperidine rings is 1. The first-order valence-corrected chi connectivity index (χ1v) is 9.03. The number of hydrogen-bond acceptors (Lipinski definition) is 5. The summed E-state index contributed by atoms with van der Waals surface area (Å²) in [5.74, 6) is 0.00449. The summed E-state index contributed by atoms with van der Waals surface area (Å²) in [6.07, 6.45) is 2.45. The van der Waals surface area contributed by atoms with Crippen LogP contribution in [-0.4, -0.2) is 27.3 Å². The number of rotatable bonds is 3. The molecule has 1 atom stereocenters. The van der Waals surface area contributed by atoms with Crippen LogP contribution in [0.4, 0.5) is 5.69 Å². The van der Waals surface area contributed by atoms with Gasteiger partial charge in [0.15, 0.2) is 0 Å². The van der Waals surface area contributed by atoms with Crippen molar-refractivity contribution < 1.29 is 14.4 Å². The number of fused-ring (bicyclic) bond motifs is 1. The summed E-state index contributed by atoms with van der Waals surface area (Å²) in [6.45, 7) is 1.79. The number of anilines is 1. The highest BCUT2D eigenvalue weighted by atomic mass is 32.1. The first kappa shape index (κ1) is 16.8. The van der Waals surface area contributed by atoms with E-state index in [4.69, 9.17) is 12.2 Å². The normalized spacial score (nSPS) is 20.1. The molecule has 2 fully saturated rings. The minimum Gasteiger partial charge on any atom is -0.325 e. The van der Waals surface area contributed by atoms with Gasteiger partial charge in [-0.1, -0.05) is 18.3 Å². The molecular formula is C18H18N4O3S. The summed E-state index contributed by atoms with van der Waals surface area (Å²) in [7, 11) is 0. The molecule has 0 radical (unpaired) electrons. The van der Waals surface area contributed by atoms with Crippen molar-refractivity contribution in [1.82, 2.24) is 14.9 Å². The molecule has 26 heavy (non-hydrogen) atoms. The molecule has 2 aliphatic rings. The Labute approximate surface area is 154 Å². The van der Waals surface area contributed by atoms with Crippen LogP contribution in [0.15, 0.2) is 18.2 Å². The van der Waals surface area contributed by atoms with E-state index < -0.39 is 6.04 Å². The highest BCUT2D eigenvalue weighted by Gasteiger charge is 2.31. The molecule has 0 bridgehead atoms. The third-order valence-electron chi connectivity index (χ3n) is 4.83. The SMILES string of the molecule is Cc1nc2cccc(NC(=O)C3CC3)c2c(=S)n1C1CCC(=O)NC1=O. The zero-order chi connectivity index (χ0) is 18.4. The fraction of sp³-hybridized carbons (Fsp3) is 0.389. The molecule has 4 rings (SSSR count). The quantitative estimate of drug-likeness (QED) is 0.639. The number of carbonyl (C=O) groups is 3. The minimum absolute atomic E-state index is 0.0139. The zero-order valence-electron chi connectivity index (χ0n) is 14.2. The molecule has 2 heterocycles. The van der Waals surface area contributed by atoms with Crippen LogP contribution in [0.5, 0.6) is 0 Å². The summed E-state index contributed by atoms with van der Waals surface area (Å²) in [5.41, 5.74) is 1.28. The van der Waals surface area contributed by atoms with Crippen molar-refractivity contribution in [3.8, 4) is 0 Å². The summed E-state index contributed by atoms with van der Waals surface area (Å²) >= 11 is 5.67. The van der Waals surface area contributed by atoms with Gasteiger partial charge in [-0.25, -0.2) is 4.98 Å². The number of benzene rings is 1. The van der Waals surface area contributed by atoms with E-state index in [9.17, 15) is 14.4 Å². The molecule has 3 amide bonds. The Morgan fingerprint density at radius 1 is 1.31 bits per heavy atom. The van der Waals surface area contributed by atoms with E-state index in [1.807, 2.05) is 12.1 Å². The van der Waals surface area contributed by atoms with Gasteiger partial charge in [0.25, 0.3) is 0 Å². The molecule has 1 unspecified atom stereocenters. The van der Waals surface area contributed by atoms with E-state index in [0.717, 1.165) is 12.8 Å². The van der Waals surface area contributed by atoms with Crippen molar-refractivity contribution in [1.29, 1.82) is 0 Å². The third-order valence-corrected chi connectivity index (χ3v) is 5.23. The van der Waals surface area contributed by atoms with Crippen LogP contribution >= 0.6 is 12.2 Å². The van der Waals surface area contributed by atoms with E-state index in [1.165, 1.54) is 0 Å². The largest absolute Gasteiger partial charge is 0.325 e. The monoisotopic (exact) mass is 370 g/mol. The summed E-state index contributed by atoms with van der Waals surface area (Å²) in [6, 6.07) is 4.87. The molecule has 1 aromatic carbocycles.